The number of furan rings is 1. The van der Waals surface area contributed by atoms with E-state index < -0.39 is 6.61 Å². The monoisotopic (exact) mass is 379 g/mol. The Labute approximate surface area is 153 Å². The summed E-state index contributed by atoms with van der Waals surface area (Å²) in [5, 5.41) is 15.2. The molecule has 0 spiro atoms. The Bertz CT molecular complexity index is 993. The van der Waals surface area contributed by atoms with Gasteiger partial charge in [-0.1, -0.05) is 23.2 Å². The summed E-state index contributed by atoms with van der Waals surface area (Å²) < 4.78 is 7.69. The largest absolute Gasteiger partial charge is 0.459 e. The number of nitrogens with zero attached hydrogens (tertiary/aromatic N) is 3. The number of aliphatic hydroxyl groups excluding tert-OH is 1. The van der Waals surface area contributed by atoms with Gasteiger partial charge in [0.05, 0.1) is 10.7 Å². The molecule has 4 rings (SSSR count). The summed E-state index contributed by atoms with van der Waals surface area (Å²) >= 11 is 12.7. The smallest absolute Gasteiger partial charge is 0.248 e. The zero-order valence-electron chi connectivity index (χ0n) is 13.4. The Morgan fingerprint density at radius 1 is 1.44 bits per heavy atom. The van der Waals surface area contributed by atoms with Crippen molar-refractivity contribution in [3.05, 3.63) is 39.7 Å². The average molecular weight is 380 g/mol. The van der Waals surface area contributed by atoms with E-state index in [0.29, 0.717) is 35.1 Å². The van der Waals surface area contributed by atoms with Crippen LogP contribution in [-0.2, 0) is 24.8 Å². The molecule has 25 heavy (non-hydrogen) atoms. The second-order valence-electron chi connectivity index (χ2n) is 6.03. The van der Waals surface area contributed by atoms with E-state index in [4.69, 9.17) is 32.7 Å². The van der Waals surface area contributed by atoms with E-state index in [1.165, 1.54) is 0 Å². The lowest BCUT2D eigenvalue weighted by Gasteiger charge is -2.25. The molecule has 0 fully saturated rings. The standard InChI is InChI=1S/C17H15Cl2N3O3/c1-21-4-2-12(20-21)9-6-11(18)16(19)17-15(9)10-7-22(14(24)8-23)5-3-13(10)25-17/h2,4,6,23H,3,5,7-8H2,1H3. The van der Waals surface area contributed by atoms with Crippen molar-refractivity contribution < 1.29 is 14.3 Å². The average Bonchev–Trinajstić information content (AvgIpc) is 3.20. The fraction of sp³-hybridized carbons (Fsp3) is 0.294. The highest BCUT2D eigenvalue weighted by atomic mass is 35.5. The first-order valence-corrected chi connectivity index (χ1v) is 8.56. The van der Waals surface area contributed by atoms with Gasteiger partial charge in [-0.3, -0.25) is 9.48 Å². The summed E-state index contributed by atoms with van der Waals surface area (Å²) in [4.78, 5) is 13.5. The Morgan fingerprint density at radius 2 is 2.24 bits per heavy atom. The van der Waals surface area contributed by atoms with Crippen LogP contribution in [0.4, 0.5) is 0 Å². The Balaban J connectivity index is 1.96. The fourth-order valence-electron chi connectivity index (χ4n) is 3.27. The van der Waals surface area contributed by atoms with Crippen LogP contribution in [0.2, 0.25) is 10.0 Å². The number of aromatic nitrogens is 2. The minimum atomic E-state index is -0.509. The summed E-state index contributed by atoms with van der Waals surface area (Å²) in [6.45, 7) is 0.348. The van der Waals surface area contributed by atoms with Crippen molar-refractivity contribution in [2.45, 2.75) is 13.0 Å². The molecule has 0 atom stereocenters. The van der Waals surface area contributed by atoms with Crippen molar-refractivity contribution in [2.75, 3.05) is 13.2 Å². The quantitative estimate of drug-likeness (QED) is 0.742. The van der Waals surface area contributed by atoms with Gasteiger partial charge in [-0.25, -0.2) is 0 Å². The number of aliphatic hydroxyl groups is 1. The van der Waals surface area contributed by atoms with E-state index in [0.717, 1.165) is 28.0 Å². The number of carbonyl (C=O) groups is 1. The van der Waals surface area contributed by atoms with E-state index in [1.807, 2.05) is 19.3 Å². The zero-order valence-corrected chi connectivity index (χ0v) is 14.9. The van der Waals surface area contributed by atoms with Crippen LogP contribution in [0.3, 0.4) is 0 Å². The number of aryl methyl sites for hydroxylation is 1. The number of fused-ring (bicyclic) bond motifs is 3. The molecule has 0 aliphatic carbocycles. The van der Waals surface area contributed by atoms with Gasteiger partial charge in [0.2, 0.25) is 5.91 Å². The lowest BCUT2D eigenvalue weighted by molar-refractivity contribution is -0.135. The molecule has 1 amide bonds. The van der Waals surface area contributed by atoms with Crippen molar-refractivity contribution in [2.24, 2.45) is 7.05 Å². The molecule has 1 aliphatic heterocycles. The third-order valence-corrected chi connectivity index (χ3v) is 5.25. The summed E-state index contributed by atoms with van der Waals surface area (Å²) in [5.41, 5.74) is 2.97. The summed E-state index contributed by atoms with van der Waals surface area (Å²) in [5.74, 6) is 0.484. The normalized spacial score (nSPS) is 14.2. The van der Waals surface area contributed by atoms with Crippen LogP contribution in [0.1, 0.15) is 11.3 Å². The second kappa shape index (κ2) is 6.05. The Kier molecular flexibility index (Phi) is 3.98. The van der Waals surface area contributed by atoms with Crippen LogP contribution in [0, 0.1) is 0 Å². The predicted molar refractivity (Wildman–Crippen MR) is 94.6 cm³/mol. The maximum absolute atomic E-state index is 11.9. The highest BCUT2D eigenvalue weighted by Gasteiger charge is 2.29. The van der Waals surface area contributed by atoms with Gasteiger partial charge in [0.25, 0.3) is 0 Å². The highest BCUT2D eigenvalue weighted by Crippen LogP contribution is 2.43. The third kappa shape index (κ3) is 2.61. The van der Waals surface area contributed by atoms with Crippen LogP contribution in [0.15, 0.2) is 22.7 Å². The van der Waals surface area contributed by atoms with E-state index in [2.05, 4.69) is 5.10 Å². The van der Waals surface area contributed by atoms with Gasteiger partial charge < -0.3 is 14.4 Å². The maximum Gasteiger partial charge on any atom is 0.248 e. The lowest BCUT2D eigenvalue weighted by Crippen LogP contribution is -2.37. The van der Waals surface area contributed by atoms with Crippen molar-refractivity contribution in [3.63, 3.8) is 0 Å². The molecule has 8 heteroatoms. The molecule has 0 bridgehead atoms. The molecule has 3 heterocycles. The number of carbonyl (C=O) groups excluding carboxylic acids is 1. The topological polar surface area (TPSA) is 71.5 Å². The second-order valence-corrected chi connectivity index (χ2v) is 6.81. The number of benzene rings is 1. The molecule has 0 radical (unpaired) electrons. The SMILES string of the molecule is Cn1ccc(-c2cc(Cl)c(Cl)c3oc4c(c23)CN(C(=O)CO)CC4)n1. The molecule has 0 unspecified atom stereocenters. The molecule has 1 N–H and O–H groups in total. The molecule has 1 aromatic carbocycles. The fourth-order valence-corrected chi connectivity index (χ4v) is 3.65. The first kappa shape index (κ1) is 16.4. The lowest BCUT2D eigenvalue weighted by atomic mass is 9.99. The molecule has 0 saturated heterocycles. The molecule has 1 aliphatic rings. The number of hydrogen-bond acceptors (Lipinski definition) is 4. The van der Waals surface area contributed by atoms with Gasteiger partial charge in [0.1, 0.15) is 17.4 Å². The van der Waals surface area contributed by atoms with Gasteiger partial charge in [0.15, 0.2) is 5.58 Å². The molecule has 2 aromatic heterocycles. The van der Waals surface area contributed by atoms with Crippen molar-refractivity contribution in [1.82, 2.24) is 14.7 Å². The molecule has 6 nitrogen and oxygen atoms in total. The van der Waals surface area contributed by atoms with E-state index in [-0.39, 0.29) is 5.91 Å². The zero-order chi connectivity index (χ0) is 17.7. The van der Waals surface area contributed by atoms with Crippen molar-refractivity contribution >= 4 is 40.1 Å². The first-order chi connectivity index (χ1) is 12.0. The van der Waals surface area contributed by atoms with Gasteiger partial charge in [-0.15, -0.1) is 0 Å². The number of amides is 1. The summed E-state index contributed by atoms with van der Waals surface area (Å²) in [7, 11) is 1.84. The molecule has 0 saturated carbocycles. The van der Waals surface area contributed by atoms with E-state index in [9.17, 15) is 4.79 Å². The predicted octanol–water partition coefficient (Wildman–Crippen LogP) is 3.02. The minimum absolute atomic E-state index is 0.306. The molecule has 130 valence electrons. The maximum atomic E-state index is 11.9. The summed E-state index contributed by atoms with van der Waals surface area (Å²) in [6.07, 6.45) is 2.41. The molecular weight excluding hydrogens is 365 g/mol. The van der Waals surface area contributed by atoms with Crippen molar-refractivity contribution in [3.8, 4) is 11.3 Å². The van der Waals surface area contributed by atoms with Gasteiger partial charge in [0, 0.05) is 49.3 Å². The summed E-state index contributed by atoms with van der Waals surface area (Å²) in [6, 6.07) is 3.66. The van der Waals surface area contributed by atoms with E-state index in [1.54, 1.807) is 15.6 Å². The van der Waals surface area contributed by atoms with Gasteiger partial charge in [-0.05, 0) is 12.1 Å². The number of rotatable bonds is 2. The van der Waals surface area contributed by atoms with Crippen LogP contribution in [-0.4, -0.2) is 38.8 Å². The first-order valence-electron chi connectivity index (χ1n) is 7.80. The van der Waals surface area contributed by atoms with Crippen molar-refractivity contribution in [1.29, 1.82) is 0 Å². The highest BCUT2D eigenvalue weighted by molar-refractivity contribution is 6.45. The number of halogens is 2. The van der Waals surface area contributed by atoms with Crippen LogP contribution in [0.25, 0.3) is 22.2 Å². The molecular formula is C17H15Cl2N3O3. The van der Waals surface area contributed by atoms with Crippen LogP contribution < -0.4 is 0 Å². The minimum Gasteiger partial charge on any atom is -0.459 e. The third-order valence-electron chi connectivity index (χ3n) is 4.48. The van der Waals surface area contributed by atoms with Gasteiger partial charge in [-0.2, -0.15) is 5.10 Å². The van der Waals surface area contributed by atoms with Crippen LogP contribution >= 0.6 is 23.2 Å². The van der Waals surface area contributed by atoms with E-state index >= 15 is 0 Å². The van der Waals surface area contributed by atoms with Crippen LogP contribution in [0.5, 0.6) is 0 Å². The number of hydrogen-bond donors (Lipinski definition) is 1. The Hall–Kier alpha value is -2.02. The Morgan fingerprint density at radius 3 is 2.92 bits per heavy atom. The van der Waals surface area contributed by atoms with Gasteiger partial charge >= 0.3 is 0 Å². The molecule has 3 aromatic rings.